The van der Waals surface area contributed by atoms with Crippen molar-refractivity contribution in [2.24, 2.45) is 5.41 Å². The molecule has 0 N–H and O–H groups in total. The maximum Gasteiger partial charge on any atom is 0.0870 e. The van der Waals surface area contributed by atoms with E-state index in [4.69, 9.17) is 9.97 Å². The van der Waals surface area contributed by atoms with Gasteiger partial charge in [-0.15, -0.1) is 71.8 Å². The van der Waals surface area contributed by atoms with Crippen molar-refractivity contribution in [3.05, 3.63) is 115 Å². The number of hydrogen-bond donors (Lipinski definition) is 0. The zero-order valence-electron chi connectivity index (χ0n) is 22.8. The van der Waals surface area contributed by atoms with Gasteiger partial charge in [-0.25, -0.2) is 0 Å². The van der Waals surface area contributed by atoms with Crippen LogP contribution in [0.3, 0.4) is 0 Å². The van der Waals surface area contributed by atoms with Crippen molar-refractivity contribution in [2.45, 2.75) is 52.4 Å². The maximum atomic E-state index is 4.89. The van der Waals surface area contributed by atoms with E-state index in [1.54, 1.807) is 6.20 Å². The summed E-state index contributed by atoms with van der Waals surface area (Å²) < 4.78 is 0. The van der Waals surface area contributed by atoms with E-state index in [2.05, 4.69) is 70.8 Å². The van der Waals surface area contributed by atoms with Crippen molar-refractivity contribution < 1.29 is 20.1 Å². The fraction of sp³-hybridized carbons (Fsp3) is 0.265. The Labute approximate surface area is 240 Å². The molecule has 2 heterocycles. The van der Waals surface area contributed by atoms with E-state index in [1.807, 2.05) is 72.9 Å². The molecule has 38 heavy (non-hydrogen) atoms. The predicted molar refractivity (Wildman–Crippen MR) is 152 cm³/mol. The van der Waals surface area contributed by atoms with Gasteiger partial charge in [0.2, 0.25) is 0 Å². The molecule has 1 radical (unpaired) electrons. The molecule has 2 aromatic heterocycles. The van der Waals surface area contributed by atoms with E-state index in [1.165, 1.54) is 11.1 Å². The molecular formula is C34H33IrN3-2. The van der Waals surface area contributed by atoms with Gasteiger partial charge in [-0.05, 0) is 51.3 Å². The first-order valence-electron chi connectivity index (χ1n) is 12.8. The van der Waals surface area contributed by atoms with Crippen LogP contribution in [0, 0.1) is 17.5 Å². The van der Waals surface area contributed by atoms with Gasteiger partial charge in [0.05, 0.1) is 11.0 Å². The first-order valence-corrected chi connectivity index (χ1v) is 12.8. The Morgan fingerprint density at radius 2 is 1.16 bits per heavy atom. The Bertz CT molecular complexity index is 1490. The van der Waals surface area contributed by atoms with Crippen molar-refractivity contribution in [1.82, 2.24) is 15.0 Å². The smallest absolute Gasteiger partial charge is 0.0870 e. The molecule has 0 saturated carbocycles. The maximum absolute atomic E-state index is 4.89. The van der Waals surface area contributed by atoms with Crippen LogP contribution in [0.25, 0.3) is 33.5 Å². The summed E-state index contributed by atoms with van der Waals surface area (Å²) in [5.41, 5.74) is 8.94. The van der Waals surface area contributed by atoms with Gasteiger partial charge >= 0.3 is 0 Å². The van der Waals surface area contributed by atoms with Gasteiger partial charge in [-0.3, -0.25) is 9.97 Å². The standard InChI is InChI=1S/C23H25N2.C11H8N.Ir/c1-21(2)16-12-18-19(13-17(16)22(3,4)23(21,5)6)25-20(14-24-18)15-10-8-7-9-11-15;1-2-6-10(7-3-1)11-8-4-5-9-12-11;/h7-10,12-14H,1-6H3;1-6,8-9H;/q2*-1;. The normalized spacial score (nSPS) is 16.1. The van der Waals surface area contributed by atoms with Gasteiger partial charge in [-0.1, -0.05) is 53.7 Å². The monoisotopic (exact) mass is 676 g/mol. The number of fused-ring (bicyclic) bond motifs is 2. The van der Waals surface area contributed by atoms with Crippen LogP contribution in [-0.2, 0) is 30.9 Å². The summed E-state index contributed by atoms with van der Waals surface area (Å²) in [5, 5.41) is 0. The minimum Gasteiger partial charge on any atom is -0.305 e. The van der Waals surface area contributed by atoms with E-state index < -0.39 is 0 Å². The summed E-state index contributed by atoms with van der Waals surface area (Å²) in [6.45, 7) is 14.2. The van der Waals surface area contributed by atoms with Crippen LogP contribution in [0.15, 0.2) is 91.3 Å². The zero-order valence-corrected chi connectivity index (χ0v) is 25.2. The van der Waals surface area contributed by atoms with Crippen molar-refractivity contribution in [3.63, 3.8) is 0 Å². The average molecular weight is 676 g/mol. The second-order valence-corrected chi connectivity index (χ2v) is 11.3. The summed E-state index contributed by atoms with van der Waals surface area (Å²) in [6.07, 6.45) is 3.65. The summed E-state index contributed by atoms with van der Waals surface area (Å²) >= 11 is 0. The second-order valence-electron chi connectivity index (χ2n) is 11.3. The first kappa shape index (κ1) is 27.8. The second kappa shape index (κ2) is 10.5. The van der Waals surface area contributed by atoms with Crippen LogP contribution in [-0.4, -0.2) is 15.0 Å². The van der Waals surface area contributed by atoms with Crippen LogP contribution in [0.5, 0.6) is 0 Å². The van der Waals surface area contributed by atoms with Crippen LogP contribution >= 0.6 is 0 Å². The van der Waals surface area contributed by atoms with Crippen LogP contribution in [0.1, 0.15) is 52.7 Å². The summed E-state index contributed by atoms with van der Waals surface area (Å²) in [7, 11) is 0. The molecule has 4 heteroatoms. The number of benzene rings is 3. The first-order chi connectivity index (χ1) is 17.6. The summed E-state index contributed by atoms with van der Waals surface area (Å²) in [5.74, 6) is 0. The number of pyridine rings is 1. The van der Waals surface area contributed by atoms with Crippen molar-refractivity contribution in [2.75, 3.05) is 0 Å². The van der Waals surface area contributed by atoms with Gasteiger partial charge in [-0.2, -0.15) is 0 Å². The molecule has 0 spiro atoms. The van der Waals surface area contributed by atoms with E-state index in [0.717, 1.165) is 33.5 Å². The molecule has 0 amide bonds. The topological polar surface area (TPSA) is 38.7 Å². The SMILES string of the molecule is CC1(C)c2cc3ncc(-c4[c-]cccc4)nc3cc2C(C)(C)C1(C)C.[Ir].[c-]1ccccc1-c1ccccn1. The van der Waals surface area contributed by atoms with Gasteiger partial charge in [0.1, 0.15) is 0 Å². The minimum atomic E-state index is 0. The Morgan fingerprint density at radius 3 is 1.68 bits per heavy atom. The largest absolute Gasteiger partial charge is 0.305 e. The Hall–Kier alpha value is -3.20. The molecule has 6 rings (SSSR count). The van der Waals surface area contributed by atoms with E-state index in [9.17, 15) is 0 Å². The van der Waals surface area contributed by atoms with Crippen molar-refractivity contribution in [1.29, 1.82) is 0 Å². The summed E-state index contributed by atoms with van der Waals surface area (Å²) in [4.78, 5) is 13.8. The van der Waals surface area contributed by atoms with E-state index >= 15 is 0 Å². The molecule has 0 unspecified atom stereocenters. The van der Waals surface area contributed by atoms with Crippen LogP contribution in [0.4, 0.5) is 0 Å². The number of aromatic nitrogens is 3. The number of hydrogen-bond acceptors (Lipinski definition) is 3. The molecule has 3 aromatic carbocycles. The van der Waals surface area contributed by atoms with Crippen LogP contribution in [0.2, 0.25) is 0 Å². The zero-order chi connectivity index (χ0) is 26.3. The molecule has 0 atom stereocenters. The molecule has 195 valence electrons. The molecule has 3 nitrogen and oxygen atoms in total. The third-order valence-electron chi connectivity index (χ3n) is 8.79. The molecule has 0 aliphatic heterocycles. The van der Waals surface area contributed by atoms with Crippen LogP contribution < -0.4 is 0 Å². The van der Waals surface area contributed by atoms with E-state index in [-0.39, 0.29) is 36.4 Å². The molecule has 0 saturated heterocycles. The Morgan fingerprint density at radius 1 is 0.605 bits per heavy atom. The minimum absolute atomic E-state index is 0. The van der Waals surface area contributed by atoms with Gasteiger partial charge < -0.3 is 4.98 Å². The van der Waals surface area contributed by atoms with Gasteiger partial charge in [0.25, 0.3) is 0 Å². The summed E-state index contributed by atoms with van der Waals surface area (Å²) in [6, 6.07) is 32.5. The van der Waals surface area contributed by atoms with Crippen molar-refractivity contribution in [3.8, 4) is 22.5 Å². The number of nitrogens with zero attached hydrogens (tertiary/aromatic N) is 3. The molecule has 0 bridgehead atoms. The fourth-order valence-corrected chi connectivity index (χ4v) is 5.31. The molecular weight excluding hydrogens is 643 g/mol. The fourth-order valence-electron chi connectivity index (χ4n) is 5.31. The molecule has 1 aliphatic rings. The molecule has 1 aliphatic carbocycles. The van der Waals surface area contributed by atoms with E-state index in [0.29, 0.717) is 0 Å². The predicted octanol–water partition coefficient (Wildman–Crippen LogP) is 8.24. The third kappa shape index (κ3) is 4.72. The Balaban J connectivity index is 0.000000218. The average Bonchev–Trinajstić information content (AvgIpc) is 3.03. The Kier molecular flexibility index (Phi) is 7.70. The quantitative estimate of drug-likeness (QED) is 0.177. The molecule has 0 fully saturated rings. The van der Waals surface area contributed by atoms with Gasteiger partial charge in [0, 0.05) is 38.2 Å². The van der Waals surface area contributed by atoms with Crippen molar-refractivity contribution >= 4 is 11.0 Å². The molecule has 5 aromatic rings. The number of rotatable bonds is 2. The third-order valence-corrected chi connectivity index (χ3v) is 8.79. The van der Waals surface area contributed by atoms with Gasteiger partial charge in [0.15, 0.2) is 0 Å².